The number of halogens is 8. The maximum absolute atomic E-state index is 15.3. The minimum Gasteiger partial charge on any atom is -0.477 e. The highest BCUT2D eigenvalue weighted by atomic mass is 19.2. The van der Waals surface area contributed by atoms with Crippen LogP contribution in [0.5, 0.6) is 0 Å². The monoisotopic (exact) mass is 828 g/mol. The molecule has 2 N–H and O–H groups in total. The number of rotatable bonds is 8. The summed E-state index contributed by atoms with van der Waals surface area (Å²) in [4.78, 5) is 35.5. The number of carbonyl (C=O) groups is 2. The number of benzene rings is 2. The zero-order valence-electron chi connectivity index (χ0n) is 30.5. The normalized spacial score (nSPS) is 16.1. The largest absolute Gasteiger partial charge is 0.477 e. The predicted molar refractivity (Wildman–Crippen MR) is 187 cm³/mol. The van der Waals surface area contributed by atoms with E-state index < -0.39 is 86.4 Å². The Labute approximate surface area is 325 Å². The average Bonchev–Trinajstić information content (AvgIpc) is 3.18. The van der Waals surface area contributed by atoms with Crippen LogP contribution in [-0.2, 0) is 32.0 Å². The van der Waals surface area contributed by atoms with E-state index in [9.17, 15) is 37.4 Å². The van der Waals surface area contributed by atoms with Crippen LogP contribution in [0.15, 0.2) is 36.4 Å². The van der Waals surface area contributed by atoms with E-state index in [2.05, 4.69) is 9.97 Å². The highest BCUT2D eigenvalue weighted by molar-refractivity contribution is 6.00. The van der Waals surface area contributed by atoms with Crippen molar-refractivity contribution in [1.29, 1.82) is 0 Å². The van der Waals surface area contributed by atoms with Crippen LogP contribution in [0.3, 0.4) is 0 Å². The van der Waals surface area contributed by atoms with Crippen LogP contribution in [0.1, 0.15) is 32.4 Å². The Balaban J connectivity index is 1.38. The van der Waals surface area contributed by atoms with Crippen molar-refractivity contribution in [2.75, 3.05) is 79.0 Å². The van der Waals surface area contributed by atoms with Crippen LogP contribution in [0.2, 0.25) is 0 Å². The van der Waals surface area contributed by atoms with Crippen LogP contribution in [0, 0.1) is 46.5 Å². The molecule has 0 amide bonds. The number of carboxylic acids is 2. The minimum absolute atomic E-state index is 0.0399. The molecule has 0 unspecified atom stereocenters. The van der Waals surface area contributed by atoms with E-state index in [1.54, 1.807) is 17.0 Å². The molecule has 2 aromatic heterocycles. The van der Waals surface area contributed by atoms with E-state index in [0.29, 0.717) is 31.4 Å². The Morgan fingerprint density at radius 1 is 0.534 bits per heavy atom. The van der Waals surface area contributed by atoms with E-state index in [4.69, 9.17) is 18.9 Å². The van der Waals surface area contributed by atoms with E-state index in [1.165, 1.54) is 6.07 Å². The molecule has 0 bridgehead atoms. The van der Waals surface area contributed by atoms with Gasteiger partial charge in [0.15, 0.2) is 52.2 Å². The fraction of sp³-hybridized carbons (Fsp3) is 0.368. The van der Waals surface area contributed by atoms with Gasteiger partial charge >= 0.3 is 11.9 Å². The van der Waals surface area contributed by atoms with Crippen molar-refractivity contribution in [2.24, 2.45) is 0 Å². The first-order valence-corrected chi connectivity index (χ1v) is 17.7. The van der Waals surface area contributed by atoms with E-state index in [1.807, 2.05) is 4.90 Å². The number of ether oxygens (including phenoxy) is 4. The molecule has 58 heavy (non-hydrogen) atoms. The number of pyridine rings is 2. The lowest BCUT2D eigenvalue weighted by molar-refractivity contribution is 0.00597. The van der Waals surface area contributed by atoms with Crippen molar-refractivity contribution in [3.8, 4) is 22.3 Å². The third kappa shape index (κ3) is 11.1. The van der Waals surface area contributed by atoms with Crippen molar-refractivity contribution >= 4 is 11.9 Å². The number of nitrogens with zero attached hydrogens (tertiary/aromatic N) is 4. The molecular formula is C38H36F8N4O8. The maximum Gasteiger partial charge on any atom is 0.355 e. The first kappa shape index (κ1) is 44.0. The van der Waals surface area contributed by atoms with E-state index in [-0.39, 0.29) is 96.0 Å². The Morgan fingerprint density at radius 3 is 1.40 bits per heavy atom. The van der Waals surface area contributed by atoms with Gasteiger partial charge in [-0.05, 0) is 18.2 Å². The highest BCUT2D eigenvalue weighted by Crippen LogP contribution is 2.42. The highest BCUT2D eigenvalue weighted by Gasteiger charge is 2.33. The summed E-state index contributed by atoms with van der Waals surface area (Å²) in [6, 6.07) is 5.08. The molecule has 0 spiro atoms. The summed E-state index contributed by atoms with van der Waals surface area (Å²) in [6.07, 6.45) is 0. The number of hydrogen-bond donors (Lipinski definition) is 2. The molecule has 5 rings (SSSR count). The average molecular weight is 829 g/mol. The molecule has 12 nitrogen and oxygen atoms in total. The second kappa shape index (κ2) is 20.5. The summed E-state index contributed by atoms with van der Waals surface area (Å²) in [5.41, 5.74) is -7.11. The van der Waals surface area contributed by atoms with Gasteiger partial charge in [-0.25, -0.2) is 54.7 Å². The lowest BCUT2D eigenvalue weighted by Gasteiger charge is -2.24. The van der Waals surface area contributed by atoms with Crippen molar-refractivity contribution in [3.63, 3.8) is 0 Å². The van der Waals surface area contributed by atoms with E-state index >= 15 is 17.6 Å². The Kier molecular flexibility index (Phi) is 15.6. The topological polar surface area (TPSA) is 144 Å². The van der Waals surface area contributed by atoms with Gasteiger partial charge in [0.05, 0.1) is 75.4 Å². The van der Waals surface area contributed by atoms with Gasteiger partial charge in [0.1, 0.15) is 5.69 Å². The molecule has 312 valence electrons. The van der Waals surface area contributed by atoms with Gasteiger partial charge in [-0.3, -0.25) is 9.80 Å². The fourth-order valence-electron chi connectivity index (χ4n) is 5.99. The van der Waals surface area contributed by atoms with Gasteiger partial charge in [-0.2, -0.15) is 0 Å². The molecule has 4 aromatic rings. The quantitative estimate of drug-likeness (QED) is 0.166. The zero-order valence-corrected chi connectivity index (χ0v) is 30.5. The van der Waals surface area contributed by atoms with Crippen molar-refractivity contribution in [3.05, 3.63) is 106 Å². The second-order valence-electron chi connectivity index (χ2n) is 12.7. The van der Waals surface area contributed by atoms with E-state index in [0.717, 1.165) is 0 Å². The molecule has 1 fully saturated rings. The molecule has 1 saturated heterocycles. The van der Waals surface area contributed by atoms with Crippen LogP contribution >= 0.6 is 0 Å². The van der Waals surface area contributed by atoms with Crippen LogP contribution in [0.25, 0.3) is 22.3 Å². The summed E-state index contributed by atoms with van der Waals surface area (Å²) in [5, 5.41) is 19.4. The lowest BCUT2D eigenvalue weighted by Crippen LogP contribution is -2.33. The smallest absolute Gasteiger partial charge is 0.355 e. The van der Waals surface area contributed by atoms with Gasteiger partial charge in [-0.1, -0.05) is 6.07 Å². The molecule has 3 heterocycles. The Hall–Kier alpha value is -5.12. The van der Waals surface area contributed by atoms with Gasteiger partial charge in [0.25, 0.3) is 0 Å². The molecule has 2 aromatic carbocycles. The SMILES string of the molecule is O=C(O)c1cccc(CN2CCOCCOCCN(Cc3cc(-c4c(F)c(F)cc(F)c4F)c(-c4c(F)c(F)cc(F)c4F)c(C(=O)O)n3)CCOCCOCC2)n1. The minimum atomic E-state index is -2.16. The summed E-state index contributed by atoms with van der Waals surface area (Å²) in [7, 11) is 0. The Morgan fingerprint density at radius 2 is 0.966 bits per heavy atom. The second-order valence-corrected chi connectivity index (χ2v) is 12.7. The molecule has 0 radical (unpaired) electrons. The van der Waals surface area contributed by atoms with Gasteiger partial charge in [0.2, 0.25) is 0 Å². The standard InChI is InChI=1S/C38H36F8N4O8/c39-24-17-25(40)33(44)30(32(24)43)23-16-22(48-36(38(53)54)29(23)31-34(45)26(41)18-27(42)35(31)46)20-50-6-10-57-14-12-55-8-4-49(5-9-56-13-15-58-11-7-50)19-21-2-1-3-28(47-21)37(51)52/h1-3,16-18H,4-15,19-20H2,(H,51,52)(H,53,54). The fourth-order valence-corrected chi connectivity index (χ4v) is 5.99. The molecule has 20 heteroatoms. The maximum atomic E-state index is 15.3. The molecule has 0 atom stereocenters. The molecular weight excluding hydrogens is 792 g/mol. The number of hydrogen-bond acceptors (Lipinski definition) is 10. The zero-order chi connectivity index (χ0) is 41.9. The lowest BCUT2D eigenvalue weighted by atomic mass is 9.90. The number of carboxylic acid groups (broad SMARTS) is 2. The summed E-state index contributed by atoms with van der Waals surface area (Å²) in [5.74, 6) is -19.7. The first-order valence-electron chi connectivity index (χ1n) is 17.7. The predicted octanol–water partition coefficient (Wildman–Crippen LogP) is 5.70. The number of aromatic carboxylic acids is 2. The molecule has 1 aliphatic rings. The summed E-state index contributed by atoms with van der Waals surface area (Å²) in [6.45, 7) is 2.27. The third-order valence-corrected chi connectivity index (χ3v) is 8.77. The van der Waals surface area contributed by atoms with Crippen LogP contribution < -0.4 is 0 Å². The third-order valence-electron chi connectivity index (χ3n) is 8.77. The molecule has 1 aliphatic heterocycles. The van der Waals surface area contributed by atoms with Crippen molar-refractivity contribution < 1.29 is 73.9 Å². The van der Waals surface area contributed by atoms with Crippen LogP contribution in [0.4, 0.5) is 35.1 Å². The number of aromatic nitrogens is 2. The van der Waals surface area contributed by atoms with Crippen molar-refractivity contribution in [2.45, 2.75) is 13.1 Å². The van der Waals surface area contributed by atoms with Gasteiger partial charge < -0.3 is 29.2 Å². The summed E-state index contributed by atoms with van der Waals surface area (Å²) < 4.78 is 142. The van der Waals surface area contributed by atoms with Crippen LogP contribution in [-0.4, -0.2) is 121 Å². The Bertz CT molecular complexity index is 2040. The first-order chi connectivity index (χ1) is 27.8. The summed E-state index contributed by atoms with van der Waals surface area (Å²) >= 11 is 0. The van der Waals surface area contributed by atoms with Gasteiger partial charge in [0, 0.05) is 62.5 Å². The van der Waals surface area contributed by atoms with Gasteiger partial charge in [-0.15, -0.1) is 0 Å². The molecule has 0 aliphatic carbocycles. The van der Waals surface area contributed by atoms with Crippen molar-refractivity contribution in [1.82, 2.24) is 19.8 Å². The molecule has 0 saturated carbocycles.